The van der Waals surface area contributed by atoms with Gasteiger partial charge in [0.15, 0.2) is 0 Å². The Bertz CT molecular complexity index is 113. The van der Waals surface area contributed by atoms with Crippen molar-refractivity contribution in [2.24, 2.45) is 0 Å². The minimum atomic E-state index is -0.909. The van der Waals surface area contributed by atoms with Gasteiger partial charge in [-0.05, 0) is 19.0 Å². The maximum atomic E-state index is 9.07. The van der Waals surface area contributed by atoms with Crippen LogP contribution < -0.4 is 0 Å². The van der Waals surface area contributed by atoms with E-state index in [0.717, 1.165) is 0 Å². The summed E-state index contributed by atoms with van der Waals surface area (Å²) in [6.45, 7) is 1.35. The maximum absolute atomic E-state index is 9.07. The molecular weight excluding hydrogens is 394 g/mol. The molecule has 1 aliphatic rings. The van der Waals surface area contributed by atoms with Crippen LogP contribution in [0.5, 0.6) is 0 Å². The normalized spacial score (nSPS) is 36.8. The van der Waals surface area contributed by atoms with E-state index in [1.54, 1.807) is 0 Å². The molecule has 6 heteroatoms. The number of aliphatic hydroxyl groups excluding tert-OH is 2. The molecule has 0 saturated carbocycles. The quantitative estimate of drug-likeness (QED) is 0.319. The molecule has 4 nitrogen and oxygen atoms in total. The summed E-state index contributed by atoms with van der Waals surface area (Å²) >= 11 is 3.48. The van der Waals surface area contributed by atoms with Crippen LogP contribution in [0, 0.1) is 37.7 Å². The van der Waals surface area contributed by atoms with Crippen LogP contribution in [0.3, 0.4) is 0 Å². The second kappa shape index (κ2) is 5.81. The minimum Gasteiger partial charge on any atom is -0.544 e. The molecule has 0 aliphatic carbocycles. The molecule has 1 aliphatic heterocycles. The molecule has 0 amide bonds. The van der Waals surface area contributed by atoms with Crippen molar-refractivity contribution in [1.82, 2.24) is 0 Å². The molecule has 3 atom stereocenters. The molecule has 11 heavy (non-hydrogen) atoms. The van der Waals surface area contributed by atoms with Crippen molar-refractivity contribution in [3.8, 4) is 0 Å². The molecular formula is C5H9O4SU-. The van der Waals surface area contributed by atoms with Crippen molar-refractivity contribution in [3.05, 3.63) is 6.61 Å². The monoisotopic (exact) mass is 403 g/mol. The summed E-state index contributed by atoms with van der Waals surface area (Å²) in [4.78, 5) is 0. The molecule has 1 fully saturated rings. The average molecular weight is 403 g/mol. The molecule has 1 rings (SSSR count). The maximum Gasteiger partial charge on any atom is 0.0869 e. The fraction of sp³-hybridized carbons (Fsp3) is 0.800. The van der Waals surface area contributed by atoms with E-state index in [1.165, 1.54) is 6.61 Å². The minimum absolute atomic E-state index is 0. The second-order valence-electron chi connectivity index (χ2n) is 2.09. The first-order valence-corrected chi connectivity index (χ1v) is 3.23. The van der Waals surface area contributed by atoms with Gasteiger partial charge in [-0.1, -0.05) is 0 Å². The van der Waals surface area contributed by atoms with Crippen LogP contribution >= 0.6 is 12.9 Å². The number of rotatable bonds is 2. The Hall–Kier alpha value is 1.24. The van der Waals surface area contributed by atoms with Gasteiger partial charge in [-0.15, -0.1) is 0 Å². The first-order valence-electron chi connectivity index (χ1n) is 2.87. The second-order valence-corrected chi connectivity index (χ2v) is 2.35. The van der Waals surface area contributed by atoms with Gasteiger partial charge in [-0.25, -0.2) is 0 Å². The topological polar surface area (TPSA) is 58.9 Å². The Morgan fingerprint density at radius 2 is 2.18 bits per heavy atom. The van der Waals surface area contributed by atoms with Crippen LogP contribution in [0.2, 0.25) is 0 Å². The molecule has 0 aromatic carbocycles. The average Bonchev–Trinajstić information content (AvgIpc) is 2.20. The summed E-state index contributed by atoms with van der Waals surface area (Å²) in [6, 6.07) is 0. The van der Waals surface area contributed by atoms with Gasteiger partial charge in [-0.3, -0.25) is 0 Å². The van der Waals surface area contributed by atoms with Gasteiger partial charge in [0.05, 0.1) is 18.8 Å². The zero-order chi connectivity index (χ0) is 7.56. The van der Waals surface area contributed by atoms with Crippen molar-refractivity contribution in [3.63, 3.8) is 0 Å². The van der Waals surface area contributed by atoms with Gasteiger partial charge < -0.3 is 19.1 Å². The van der Waals surface area contributed by atoms with Crippen LogP contribution in [-0.4, -0.2) is 35.1 Å². The van der Waals surface area contributed by atoms with Crippen LogP contribution in [0.25, 0.3) is 0 Å². The van der Waals surface area contributed by atoms with Gasteiger partial charge in [0.2, 0.25) is 0 Å². The number of hydrogen-bond acceptors (Lipinski definition) is 5. The van der Waals surface area contributed by atoms with E-state index in [2.05, 4.69) is 17.1 Å². The predicted molar refractivity (Wildman–Crippen MR) is 36.1 cm³/mol. The van der Waals surface area contributed by atoms with E-state index in [9.17, 15) is 0 Å². The van der Waals surface area contributed by atoms with Crippen LogP contribution in [-0.2, 0) is 8.92 Å². The van der Waals surface area contributed by atoms with E-state index >= 15 is 0 Å². The van der Waals surface area contributed by atoms with Gasteiger partial charge in [0.1, 0.15) is 0 Å². The van der Waals surface area contributed by atoms with Crippen LogP contribution in [0.1, 0.15) is 0 Å². The van der Waals surface area contributed by atoms with E-state index in [4.69, 9.17) is 14.9 Å². The van der Waals surface area contributed by atoms with E-state index in [-0.39, 0.29) is 37.7 Å². The molecule has 0 aromatic rings. The zero-order valence-electron chi connectivity index (χ0n) is 5.67. The smallest absolute Gasteiger partial charge is 0.0869 e. The first-order chi connectivity index (χ1) is 4.75. The van der Waals surface area contributed by atoms with Crippen molar-refractivity contribution in [2.45, 2.75) is 18.3 Å². The van der Waals surface area contributed by atoms with Crippen LogP contribution in [0.15, 0.2) is 0 Å². The molecule has 2 N–H and O–H groups in total. The fourth-order valence-corrected chi connectivity index (χ4v) is 0.921. The molecule has 0 unspecified atom stereocenters. The number of ether oxygens (including phenoxy) is 1. The first kappa shape index (κ1) is 12.2. The van der Waals surface area contributed by atoms with Gasteiger partial charge >= 0.3 is 0 Å². The Morgan fingerprint density at radius 3 is 2.55 bits per heavy atom. The van der Waals surface area contributed by atoms with Crippen molar-refractivity contribution < 1.29 is 50.2 Å². The van der Waals surface area contributed by atoms with Crippen molar-refractivity contribution in [1.29, 1.82) is 0 Å². The predicted octanol–water partition coefficient (Wildman–Crippen LogP) is -0.870. The summed E-state index contributed by atoms with van der Waals surface area (Å²) in [5, 5.41) is 18.0. The number of aliphatic hydroxyl groups is 2. The largest absolute Gasteiger partial charge is 0.544 e. The van der Waals surface area contributed by atoms with E-state index in [0.29, 0.717) is 0 Å². The molecule has 0 spiro atoms. The molecule has 0 bridgehead atoms. The number of thiol groups is 1. The summed E-state index contributed by atoms with van der Waals surface area (Å²) in [7, 11) is 0. The van der Waals surface area contributed by atoms with Gasteiger partial charge in [0, 0.05) is 31.1 Å². The summed E-state index contributed by atoms with van der Waals surface area (Å²) in [6.07, 6.45) is -2.30. The third-order valence-electron chi connectivity index (χ3n) is 1.36. The SMILES string of the molecule is O[C@@H]1[C@H](O)[CH-]O[C@@H]1COS.[U]. The van der Waals surface area contributed by atoms with Crippen LogP contribution in [0.4, 0.5) is 0 Å². The molecule has 0 radical (unpaired) electrons. The Morgan fingerprint density at radius 1 is 1.55 bits per heavy atom. The Labute approximate surface area is 94.3 Å². The summed E-state index contributed by atoms with van der Waals surface area (Å²) < 4.78 is 9.24. The third-order valence-corrected chi connectivity index (χ3v) is 1.51. The molecule has 1 saturated heterocycles. The fourth-order valence-electron chi connectivity index (χ4n) is 0.774. The third kappa shape index (κ3) is 3.23. The summed E-state index contributed by atoms with van der Waals surface area (Å²) in [5.74, 6) is 0. The zero-order valence-corrected chi connectivity index (χ0v) is 10.7. The summed E-state index contributed by atoms with van der Waals surface area (Å²) in [5.41, 5.74) is 0. The molecule has 1 heterocycles. The Kier molecular flexibility index (Phi) is 6.47. The molecule has 0 aromatic heterocycles. The van der Waals surface area contributed by atoms with E-state index in [1.807, 2.05) is 0 Å². The Balaban J connectivity index is 0.000001000. The van der Waals surface area contributed by atoms with Gasteiger partial charge in [0.25, 0.3) is 0 Å². The van der Waals surface area contributed by atoms with Crippen molar-refractivity contribution in [2.75, 3.05) is 6.61 Å². The standard InChI is InChI=1S/C5H9O4S.U/c6-3-1-8-4(2-9-10)5(3)7;/h1,3-7,10H,2H2;/q-1;/t3-,4-,5-;/m1./s1. The molecule has 64 valence electrons. The number of hydrogen-bond donors (Lipinski definition) is 3. The van der Waals surface area contributed by atoms with Crippen molar-refractivity contribution >= 4 is 12.9 Å². The van der Waals surface area contributed by atoms with E-state index < -0.39 is 18.3 Å². The van der Waals surface area contributed by atoms with Gasteiger partial charge in [-0.2, -0.15) is 6.61 Å².